The summed E-state index contributed by atoms with van der Waals surface area (Å²) < 4.78 is 26.2. The molecule has 2 bridgehead atoms. The van der Waals surface area contributed by atoms with Gasteiger partial charge in [-0.15, -0.1) is 0 Å². The molecular formula is C30H41FN2O6. The van der Waals surface area contributed by atoms with E-state index in [2.05, 4.69) is 24.5 Å². The maximum Gasteiger partial charge on any atom is 0.309 e. The van der Waals surface area contributed by atoms with E-state index in [-0.39, 0.29) is 64.3 Å². The summed E-state index contributed by atoms with van der Waals surface area (Å²) in [5.41, 5.74) is -0.490. The molecule has 4 fully saturated rings. The Bertz CT molecular complexity index is 1140. The minimum atomic E-state index is -0.834. The molecule has 3 N–H and O–H groups in total. The van der Waals surface area contributed by atoms with Crippen molar-refractivity contribution < 1.29 is 33.4 Å². The second-order valence-electron chi connectivity index (χ2n) is 12.9. The highest BCUT2D eigenvalue weighted by Crippen LogP contribution is 2.51. The van der Waals surface area contributed by atoms with Crippen molar-refractivity contribution in [1.29, 1.82) is 0 Å². The number of aliphatic carboxylic acids is 1. The van der Waals surface area contributed by atoms with Crippen LogP contribution in [0.3, 0.4) is 0 Å². The number of benzene rings is 1. The van der Waals surface area contributed by atoms with Crippen molar-refractivity contribution in [3.05, 3.63) is 23.5 Å². The fourth-order valence-electron chi connectivity index (χ4n) is 6.93. The normalized spacial score (nSPS) is 33.2. The number of rotatable bonds is 9. The molecule has 8 nitrogen and oxygen atoms in total. The zero-order valence-corrected chi connectivity index (χ0v) is 23.3. The SMILES string of the molecule is COc1cc(F)c(O[C@H]2CC[C@@](C)(C(=O)O)CC2)cc1C(=O)N[C@@H]1[C@H]2CC[C@H](C2)[C@@H]1C(=O)N[C@H](C)C1(C)CC1. The third-order valence-corrected chi connectivity index (χ3v) is 10.3. The number of fused-ring (bicyclic) bond motifs is 2. The molecule has 1 aromatic carbocycles. The summed E-state index contributed by atoms with van der Waals surface area (Å²) in [6.45, 7) is 5.97. The van der Waals surface area contributed by atoms with E-state index in [1.165, 1.54) is 13.2 Å². The fourth-order valence-corrected chi connectivity index (χ4v) is 6.93. The summed E-state index contributed by atoms with van der Waals surface area (Å²) in [6, 6.07) is 2.32. The lowest BCUT2D eigenvalue weighted by molar-refractivity contribution is -0.150. The molecule has 0 heterocycles. The van der Waals surface area contributed by atoms with Gasteiger partial charge in [0.05, 0.1) is 30.1 Å². The summed E-state index contributed by atoms with van der Waals surface area (Å²) in [4.78, 5) is 38.5. The number of nitrogens with one attached hydrogen (secondary N) is 2. The van der Waals surface area contributed by atoms with Gasteiger partial charge in [0.15, 0.2) is 11.6 Å². The highest BCUT2D eigenvalue weighted by Gasteiger charge is 2.53. The van der Waals surface area contributed by atoms with Gasteiger partial charge in [0, 0.05) is 18.2 Å². The first kappa shape index (κ1) is 27.7. The Morgan fingerprint density at radius 1 is 1.03 bits per heavy atom. The molecule has 0 spiro atoms. The Kier molecular flexibility index (Phi) is 7.31. The van der Waals surface area contributed by atoms with Crippen LogP contribution in [0, 0.1) is 34.4 Å². The largest absolute Gasteiger partial charge is 0.496 e. The average Bonchev–Trinajstić information content (AvgIpc) is 3.34. The van der Waals surface area contributed by atoms with Gasteiger partial charge >= 0.3 is 5.97 Å². The Balaban J connectivity index is 1.30. The van der Waals surface area contributed by atoms with Crippen LogP contribution in [0.5, 0.6) is 11.5 Å². The average molecular weight is 545 g/mol. The van der Waals surface area contributed by atoms with Crippen molar-refractivity contribution in [2.24, 2.45) is 28.6 Å². The monoisotopic (exact) mass is 544 g/mol. The van der Waals surface area contributed by atoms with E-state index in [1.54, 1.807) is 6.92 Å². The van der Waals surface area contributed by atoms with E-state index in [0.29, 0.717) is 25.7 Å². The number of carbonyl (C=O) groups is 3. The number of halogens is 1. The number of carboxylic acids is 1. The number of hydrogen-bond donors (Lipinski definition) is 3. The van der Waals surface area contributed by atoms with Crippen LogP contribution in [0.2, 0.25) is 0 Å². The first-order valence-electron chi connectivity index (χ1n) is 14.3. The summed E-state index contributed by atoms with van der Waals surface area (Å²) in [5, 5.41) is 15.8. The number of carbonyl (C=O) groups excluding carboxylic acids is 2. The molecule has 2 amide bonds. The van der Waals surface area contributed by atoms with E-state index >= 15 is 0 Å². The second kappa shape index (κ2) is 10.3. The van der Waals surface area contributed by atoms with Crippen LogP contribution in [-0.2, 0) is 9.59 Å². The van der Waals surface area contributed by atoms with E-state index in [9.17, 15) is 23.9 Å². The third-order valence-electron chi connectivity index (χ3n) is 10.3. The van der Waals surface area contributed by atoms with Crippen molar-refractivity contribution in [2.75, 3.05) is 7.11 Å². The van der Waals surface area contributed by atoms with Gasteiger partial charge in [0.1, 0.15) is 5.75 Å². The highest BCUT2D eigenvalue weighted by molar-refractivity contribution is 5.98. The van der Waals surface area contributed by atoms with Gasteiger partial charge in [-0.3, -0.25) is 14.4 Å². The van der Waals surface area contributed by atoms with Crippen LogP contribution < -0.4 is 20.1 Å². The standard InChI is InChI=1S/C30H41FN2O6/c1-16(29(2)11-12-29)32-27(35)24-17-5-6-18(13-17)25(24)33-26(34)20-14-23(21(31)15-22(20)38-4)39-19-7-9-30(3,10-8-19)28(36)37/h14-19,24-25H,5-13H2,1-4H3,(H,32,35)(H,33,34)(H,36,37)/t16-,17-,18+,19-,24+,25-,30+/m1/s1. The van der Waals surface area contributed by atoms with Gasteiger partial charge in [0.2, 0.25) is 5.91 Å². The van der Waals surface area contributed by atoms with Crippen LogP contribution in [0.25, 0.3) is 0 Å². The lowest BCUT2D eigenvalue weighted by Gasteiger charge is -2.34. The summed E-state index contributed by atoms with van der Waals surface area (Å²) in [7, 11) is 1.38. The molecule has 4 saturated carbocycles. The molecule has 9 heteroatoms. The summed E-state index contributed by atoms with van der Waals surface area (Å²) >= 11 is 0. The van der Waals surface area contributed by atoms with Gasteiger partial charge in [-0.2, -0.15) is 0 Å². The zero-order valence-electron chi connectivity index (χ0n) is 23.3. The molecule has 214 valence electrons. The minimum Gasteiger partial charge on any atom is -0.496 e. The molecular weight excluding hydrogens is 503 g/mol. The quantitative estimate of drug-likeness (QED) is 0.416. The molecule has 4 aliphatic carbocycles. The number of carboxylic acid groups (broad SMARTS) is 1. The predicted octanol–water partition coefficient (Wildman–Crippen LogP) is 4.70. The second-order valence-corrected chi connectivity index (χ2v) is 12.9. The number of methoxy groups -OCH3 is 1. The van der Waals surface area contributed by atoms with Gasteiger partial charge in [-0.05, 0) is 95.0 Å². The minimum absolute atomic E-state index is 0.00822. The van der Waals surface area contributed by atoms with Crippen LogP contribution in [0.1, 0.15) is 88.9 Å². The predicted molar refractivity (Wildman–Crippen MR) is 142 cm³/mol. The maximum atomic E-state index is 15.0. The van der Waals surface area contributed by atoms with Gasteiger partial charge in [0.25, 0.3) is 5.91 Å². The first-order valence-corrected chi connectivity index (χ1v) is 14.3. The summed E-state index contributed by atoms with van der Waals surface area (Å²) in [5.74, 6) is -1.66. The maximum absolute atomic E-state index is 15.0. The van der Waals surface area contributed by atoms with E-state index in [0.717, 1.165) is 38.2 Å². The van der Waals surface area contributed by atoms with Crippen LogP contribution in [0.15, 0.2) is 12.1 Å². The Labute approximate surface area is 229 Å². The lowest BCUT2D eigenvalue weighted by Crippen LogP contribution is -2.52. The Morgan fingerprint density at radius 3 is 2.31 bits per heavy atom. The van der Waals surface area contributed by atoms with Gasteiger partial charge in [-0.1, -0.05) is 6.92 Å². The van der Waals surface area contributed by atoms with Crippen LogP contribution in [-0.4, -0.2) is 48.2 Å². The molecule has 0 unspecified atom stereocenters. The van der Waals surface area contributed by atoms with Gasteiger partial charge < -0.3 is 25.2 Å². The van der Waals surface area contributed by atoms with Crippen molar-refractivity contribution in [3.63, 3.8) is 0 Å². The van der Waals surface area contributed by atoms with Crippen molar-refractivity contribution in [3.8, 4) is 11.5 Å². The molecule has 5 atom stereocenters. The van der Waals surface area contributed by atoms with Crippen LogP contribution in [0.4, 0.5) is 4.39 Å². The molecule has 0 aromatic heterocycles. The lowest BCUT2D eigenvalue weighted by atomic mass is 9.75. The number of ether oxygens (including phenoxy) is 2. The number of amides is 2. The third kappa shape index (κ3) is 5.33. The van der Waals surface area contributed by atoms with Crippen molar-refractivity contribution >= 4 is 17.8 Å². The Hall–Kier alpha value is -2.84. The van der Waals surface area contributed by atoms with E-state index in [1.807, 2.05) is 0 Å². The zero-order chi connectivity index (χ0) is 28.1. The van der Waals surface area contributed by atoms with Crippen LogP contribution >= 0.6 is 0 Å². The fraction of sp³-hybridized carbons (Fsp3) is 0.700. The first-order chi connectivity index (χ1) is 18.4. The molecule has 0 aliphatic heterocycles. The van der Waals surface area contributed by atoms with E-state index in [4.69, 9.17) is 9.47 Å². The molecule has 39 heavy (non-hydrogen) atoms. The van der Waals surface area contributed by atoms with Crippen molar-refractivity contribution in [2.45, 2.75) is 96.7 Å². The molecule has 4 aliphatic rings. The van der Waals surface area contributed by atoms with Crippen molar-refractivity contribution in [1.82, 2.24) is 10.6 Å². The smallest absolute Gasteiger partial charge is 0.309 e. The highest BCUT2D eigenvalue weighted by atomic mass is 19.1. The summed E-state index contributed by atoms with van der Waals surface area (Å²) in [6.07, 6.45) is 6.59. The molecule has 1 aromatic rings. The molecule has 0 saturated heterocycles. The topological polar surface area (TPSA) is 114 Å². The Morgan fingerprint density at radius 2 is 1.69 bits per heavy atom. The number of hydrogen-bond acceptors (Lipinski definition) is 5. The van der Waals surface area contributed by atoms with E-state index < -0.39 is 23.1 Å². The molecule has 5 rings (SSSR count). The van der Waals surface area contributed by atoms with Gasteiger partial charge in [-0.25, -0.2) is 4.39 Å². The molecule has 0 radical (unpaired) electrons.